The number of benzene rings is 1. The number of hydrogen-bond acceptors (Lipinski definition) is 4. The van der Waals surface area contributed by atoms with Crippen LogP contribution in [0.1, 0.15) is 24.8 Å². The molecule has 0 amide bonds. The number of hydrogen-bond donors (Lipinski definition) is 1. The first-order valence-electron chi connectivity index (χ1n) is 7.66. The van der Waals surface area contributed by atoms with E-state index in [9.17, 15) is 21.6 Å². The van der Waals surface area contributed by atoms with Crippen molar-refractivity contribution in [2.75, 3.05) is 26.4 Å². The van der Waals surface area contributed by atoms with E-state index in [0.717, 1.165) is 37.6 Å². The monoisotopic (exact) mass is 367 g/mol. The zero-order chi connectivity index (χ0) is 17.6. The van der Waals surface area contributed by atoms with Crippen LogP contribution < -0.4 is 4.72 Å². The third-order valence-electron chi connectivity index (χ3n) is 3.57. The molecule has 9 heteroatoms. The van der Waals surface area contributed by atoms with E-state index in [1.807, 2.05) is 0 Å². The Kier molecular flexibility index (Phi) is 6.62. The van der Waals surface area contributed by atoms with Gasteiger partial charge in [-0.1, -0.05) is 12.1 Å². The number of sulfonamides is 1. The fourth-order valence-electron chi connectivity index (χ4n) is 2.38. The first kappa shape index (κ1) is 19.2. The molecule has 1 atom stereocenters. The van der Waals surface area contributed by atoms with Crippen LogP contribution in [0.15, 0.2) is 29.2 Å². The quantitative estimate of drug-likeness (QED) is 0.718. The molecule has 0 spiro atoms. The molecule has 1 aromatic carbocycles. The van der Waals surface area contributed by atoms with E-state index in [0.29, 0.717) is 19.6 Å². The van der Waals surface area contributed by atoms with Gasteiger partial charge in [-0.2, -0.15) is 13.2 Å². The highest BCUT2D eigenvalue weighted by atomic mass is 32.2. The van der Waals surface area contributed by atoms with Crippen molar-refractivity contribution in [2.45, 2.75) is 36.4 Å². The van der Waals surface area contributed by atoms with Crippen LogP contribution in [0.4, 0.5) is 13.2 Å². The Labute approximate surface area is 139 Å². The lowest BCUT2D eigenvalue weighted by molar-refractivity contribution is -0.139. The second-order valence-corrected chi connectivity index (χ2v) is 7.19. The molecule has 1 aliphatic heterocycles. The molecule has 1 unspecified atom stereocenters. The van der Waals surface area contributed by atoms with E-state index in [2.05, 4.69) is 4.72 Å². The van der Waals surface area contributed by atoms with Crippen LogP contribution in [-0.2, 0) is 25.7 Å². The molecule has 1 aromatic rings. The Bertz CT molecular complexity index is 628. The van der Waals surface area contributed by atoms with Crippen molar-refractivity contribution in [3.63, 3.8) is 0 Å². The lowest BCUT2D eigenvalue weighted by atomic mass is 10.2. The largest absolute Gasteiger partial charge is 0.417 e. The van der Waals surface area contributed by atoms with Crippen LogP contribution in [0.3, 0.4) is 0 Å². The molecule has 0 radical (unpaired) electrons. The van der Waals surface area contributed by atoms with Gasteiger partial charge in [-0.15, -0.1) is 0 Å². The van der Waals surface area contributed by atoms with Crippen LogP contribution in [0.2, 0.25) is 0 Å². The summed E-state index contributed by atoms with van der Waals surface area (Å²) in [5, 5.41) is 0. The summed E-state index contributed by atoms with van der Waals surface area (Å²) in [5.41, 5.74) is -1.17. The van der Waals surface area contributed by atoms with E-state index < -0.39 is 26.7 Å². The fraction of sp³-hybridized carbons (Fsp3) is 0.600. The molecule has 0 saturated carbocycles. The second kappa shape index (κ2) is 8.28. The third kappa shape index (κ3) is 5.44. The van der Waals surface area contributed by atoms with Crippen molar-refractivity contribution in [1.29, 1.82) is 0 Å². The average Bonchev–Trinajstić information content (AvgIpc) is 3.03. The Morgan fingerprint density at radius 1 is 1.29 bits per heavy atom. The van der Waals surface area contributed by atoms with Gasteiger partial charge in [-0.25, -0.2) is 13.1 Å². The maximum Gasteiger partial charge on any atom is 0.417 e. The summed E-state index contributed by atoms with van der Waals surface area (Å²) in [4.78, 5) is -0.766. The van der Waals surface area contributed by atoms with Gasteiger partial charge in [0.2, 0.25) is 10.0 Å². The number of ether oxygens (including phenoxy) is 2. The van der Waals surface area contributed by atoms with Gasteiger partial charge in [0, 0.05) is 19.8 Å². The highest BCUT2D eigenvalue weighted by molar-refractivity contribution is 7.89. The van der Waals surface area contributed by atoms with Crippen molar-refractivity contribution < 1.29 is 31.1 Å². The predicted molar refractivity (Wildman–Crippen MR) is 81.0 cm³/mol. The van der Waals surface area contributed by atoms with Gasteiger partial charge in [0.25, 0.3) is 0 Å². The van der Waals surface area contributed by atoms with Gasteiger partial charge in [0.15, 0.2) is 0 Å². The Hall–Kier alpha value is -1.16. The topological polar surface area (TPSA) is 64.6 Å². The Morgan fingerprint density at radius 2 is 2.04 bits per heavy atom. The maximum atomic E-state index is 12.9. The van der Waals surface area contributed by atoms with Crippen molar-refractivity contribution in [3.8, 4) is 0 Å². The molecular weight excluding hydrogens is 347 g/mol. The average molecular weight is 367 g/mol. The lowest BCUT2D eigenvalue weighted by Gasteiger charge is -2.14. The van der Waals surface area contributed by atoms with E-state index in [-0.39, 0.29) is 12.6 Å². The molecule has 1 heterocycles. The Morgan fingerprint density at radius 3 is 2.71 bits per heavy atom. The number of rotatable bonds is 8. The molecule has 5 nitrogen and oxygen atoms in total. The summed E-state index contributed by atoms with van der Waals surface area (Å²) in [5.74, 6) is 0. The summed E-state index contributed by atoms with van der Waals surface area (Å²) in [7, 11) is -4.23. The first-order chi connectivity index (χ1) is 11.3. The summed E-state index contributed by atoms with van der Waals surface area (Å²) >= 11 is 0. The van der Waals surface area contributed by atoms with E-state index in [1.54, 1.807) is 0 Å². The number of nitrogens with one attached hydrogen (secondary N) is 1. The molecule has 136 valence electrons. The van der Waals surface area contributed by atoms with Gasteiger partial charge < -0.3 is 9.47 Å². The lowest BCUT2D eigenvalue weighted by Crippen LogP contribution is -2.28. The molecule has 1 N–H and O–H groups in total. The van der Waals surface area contributed by atoms with Crippen LogP contribution in [-0.4, -0.2) is 40.9 Å². The van der Waals surface area contributed by atoms with E-state index in [1.165, 1.54) is 6.07 Å². The summed E-state index contributed by atoms with van der Waals surface area (Å²) in [6.07, 6.45) is -2.33. The van der Waals surface area contributed by atoms with Crippen LogP contribution in [0.25, 0.3) is 0 Å². The summed E-state index contributed by atoms with van der Waals surface area (Å²) < 4.78 is 75.7. The Balaban J connectivity index is 1.81. The molecule has 1 aliphatic rings. The van der Waals surface area contributed by atoms with Gasteiger partial charge in [-0.3, -0.25) is 0 Å². The highest BCUT2D eigenvalue weighted by Crippen LogP contribution is 2.33. The van der Waals surface area contributed by atoms with Crippen molar-refractivity contribution in [2.24, 2.45) is 0 Å². The van der Waals surface area contributed by atoms with Gasteiger partial charge in [0.1, 0.15) is 0 Å². The van der Waals surface area contributed by atoms with Crippen molar-refractivity contribution in [3.05, 3.63) is 29.8 Å². The van der Waals surface area contributed by atoms with Gasteiger partial charge >= 0.3 is 6.18 Å². The second-order valence-electron chi connectivity index (χ2n) is 5.46. The minimum Gasteiger partial charge on any atom is -0.379 e. The standard InChI is InChI=1S/C15H20F3NO4S/c16-15(17,18)13-6-1-2-7-14(13)24(20,21)19-8-4-9-22-11-12-5-3-10-23-12/h1-2,6-7,12,19H,3-5,8-11H2. The van der Waals surface area contributed by atoms with Crippen LogP contribution in [0, 0.1) is 0 Å². The normalized spacial score (nSPS) is 18.9. The number of alkyl halides is 3. The van der Waals surface area contributed by atoms with E-state index >= 15 is 0 Å². The van der Waals surface area contributed by atoms with E-state index in [4.69, 9.17) is 9.47 Å². The van der Waals surface area contributed by atoms with Crippen LogP contribution in [0.5, 0.6) is 0 Å². The molecule has 0 aliphatic carbocycles. The summed E-state index contributed by atoms with van der Waals surface area (Å²) in [6.45, 7) is 1.49. The smallest absolute Gasteiger partial charge is 0.379 e. The van der Waals surface area contributed by atoms with Crippen LogP contribution >= 0.6 is 0 Å². The zero-order valence-electron chi connectivity index (χ0n) is 13.0. The number of halogens is 3. The minimum absolute atomic E-state index is 0.0000482. The molecule has 0 aromatic heterocycles. The molecule has 24 heavy (non-hydrogen) atoms. The SMILES string of the molecule is O=S(=O)(NCCCOCC1CCCO1)c1ccccc1C(F)(F)F. The fourth-order valence-corrected chi connectivity index (χ4v) is 3.68. The summed E-state index contributed by atoms with van der Waals surface area (Å²) in [6, 6.07) is 4.10. The highest BCUT2D eigenvalue weighted by Gasteiger charge is 2.36. The van der Waals surface area contributed by atoms with Crippen molar-refractivity contribution >= 4 is 10.0 Å². The van der Waals surface area contributed by atoms with Crippen molar-refractivity contribution in [1.82, 2.24) is 4.72 Å². The molecule has 2 rings (SSSR count). The molecule has 0 bridgehead atoms. The molecule has 1 saturated heterocycles. The minimum atomic E-state index is -4.73. The maximum absolute atomic E-state index is 12.9. The first-order valence-corrected chi connectivity index (χ1v) is 9.14. The zero-order valence-corrected chi connectivity index (χ0v) is 13.8. The van der Waals surface area contributed by atoms with Gasteiger partial charge in [-0.05, 0) is 31.4 Å². The predicted octanol–water partition coefficient (Wildman–Crippen LogP) is 2.57. The molecular formula is C15H20F3NO4S. The third-order valence-corrected chi connectivity index (χ3v) is 5.09. The molecule has 1 fully saturated rings. The van der Waals surface area contributed by atoms with Gasteiger partial charge in [0.05, 0.1) is 23.2 Å².